The Kier molecular flexibility index (Phi) is 3.59. The molecule has 0 atom stereocenters. The molecule has 0 saturated heterocycles. The number of thiazole rings is 1. The van der Waals surface area contributed by atoms with E-state index in [9.17, 15) is 0 Å². The van der Waals surface area contributed by atoms with Gasteiger partial charge in [-0.15, -0.1) is 11.3 Å². The number of hydrogen-bond donors (Lipinski definition) is 1. The van der Waals surface area contributed by atoms with Gasteiger partial charge in [0.2, 0.25) is 5.13 Å². The van der Waals surface area contributed by atoms with Gasteiger partial charge in [-0.05, 0) is 0 Å². The van der Waals surface area contributed by atoms with Crippen molar-refractivity contribution in [2.24, 2.45) is 0 Å². The molecule has 0 fully saturated rings. The standard InChI is InChI=1S/C8H10N4OS2/c1-13-3-2-10-8-11-7(12-15-8)6-4-9-5-14-6/h4-5H,2-3H2,1H3,(H,10,11,12). The first-order chi connectivity index (χ1) is 7.40. The van der Waals surface area contributed by atoms with Crippen molar-refractivity contribution in [3.63, 3.8) is 0 Å². The van der Waals surface area contributed by atoms with Crippen LogP contribution in [0, 0.1) is 0 Å². The maximum Gasteiger partial charge on any atom is 0.203 e. The molecule has 0 aromatic carbocycles. The predicted molar refractivity (Wildman–Crippen MR) is 61.4 cm³/mol. The molecule has 0 radical (unpaired) electrons. The minimum Gasteiger partial charge on any atom is -0.383 e. The van der Waals surface area contributed by atoms with Crippen molar-refractivity contribution in [2.45, 2.75) is 0 Å². The van der Waals surface area contributed by atoms with Gasteiger partial charge in [0.15, 0.2) is 5.82 Å². The van der Waals surface area contributed by atoms with Gasteiger partial charge in [-0.3, -0.25) is 4.98 Å². The van der Waals surface area contributed by atoms with Crippen molar-refractivity contribution in [3.05, 3.63) is 11.7 Å². The monoisotopic (exact) mass is 242 g/mol. The van der Waals surface area contributed by atoms with E-state index in [0.717, 1.165) is 22.4 Å². The minimum absolute atomic E-state index is 0.662. The molecule has 0 aliphatic rings. The smallest absolute Gasteiger partial charge is 0.203 e. The largest absolute Gasteiger partial charge is 0.383 e. The Morgan fingerprint density at radius 1 is 1.53 bits per heavy atom. The highest BCUT2D eigenvalue weighted by molar-refractivity contribution is 7.13. The summed E-state index contributed by atoms with van der Waals surface area (Å²) in [5.41, 5.74) is 1.77. The number of ether oxygens (including phenoxy) is 1. The van der Waals surface area contributed by atoms with Crippen LogP contribution in [0.5, 0.6) is 0 Å². The number of methoxy groups -OCH3 is 1. The molecule has 1 N–H and O–H groups in total. The predicted octanol–water partition coefficient (Wildman–Crippen LogP) is 1.72. The van der Waals surface area contributed by atoms with Crippen LogP contribution in [0.1, 0.15) is 0 Å². The van der Waals surface area contributed by atoms with Crippen molar-refractivity contribution in [3.8, 4) is 10.7 Å². The van der Waals surface area contributed by atoms with Crippen LogP contribution in [0.4, 0.5) is 5.13 Å². The summed E-state index contributed by atoms with van der Waals surface area (Å²) in [6.45, 7) is 1.41. The highest BCUT2D eigenvalue weighted by Crippen LogP contribution is 2.23. The van der Waals surface area contributed by atoms with Gasteiger partial charge < -0.3 is 10.1 Å². The van der Waals surface area contributed by atoms with E-state index in [4.69, 9.17) is 4.74 Å². The molecule has 80 valence electrons. The Morgan fingerprint density at radius 3 is 3.20 bits per heavy atom. The van der Waals surface area contributed by atoms with Gasteiger partial charge in [-0.1, -0.05) is 0 Å². The molecule has 2 heterocycles. The maximum absolute atomic E-state index is 4.93. The van der Waals surface area contributed by atoms with Gasteiger partial charge in [0.05, 0.1) is 17.0 Å². The highest BCUT2D eigenvalue weighted by atomic mass is 32.1. The van der Waals surface area contributed by atoms with E-state index >= 15 is 0 Å². The molecule has 0 spiro atoms. The van der Waals surface area contributed by atoms with Crippen LogP contribution in [0.2, 0.25) is 0 Å². The second-order valence-electron chi connectivity index (χ2n) is 2.71. The summed E-state index contributed by atoms with van der Waals surface area (Å²) in [6.07, 6.45) is 1.77. The third-order valence-electron chi connectivity index (χ3n) is 1.66. The molecular formula is C8H10N4OS2. The average molecular weight is 242 g/mol. The van der Waals surface area contributed by atoms with Crippen LogP contribution in [0.3, 0.4) is 0 Å². The molecule has 2 aromatic rings. The third-order valence-corrected chi connectivity index (χ3v) is 3.10. The fourth-order valence-electron chi connectivity index (χ4n) is 0.982. The topological polar surface area (TPSA) is 59.9 Å². The third kappa shape index (κ3) is 2.71. The SMILES string of the molecule is COCCNc1nc(-c2cncs2)ns1. The molecule has 2 rings (SSSR count). The fraction of sp³-hybridized carbons (Fsp3) is 0.375. The van der Waals surface area contributed by atoms with E-state index < -0.39 is 0 Å². The second kappa shape index (κ2) is 5.15. The lowest BCUT2D eigenvalue weighted by atomic mass is 10.5. The molecule has 2 aromatic heterocycles. The Labute approximate surface area is 95.3 Å². The van der Waals surface area contributed by atoms with Gasteiger partial charge in [-0.2, -0.15) is 9.36 Å². The maximum atomic E-state index is 4.93. The fourth-order valence-corrected chi connectivity index (χ4v) is 2.20. The van der Waals surface area contributed by atoms with Crippen LogP contribution in [-0.4, -0.2) is 34.6 Å². The van der Waals surface area contributed by atoms with Crippen molar-refractivity contribution in [1.82, 2.24) is 14.3 Å². The first-order valence-corrected chi connectivity index (χ1v) is 6.01. The number of hydrogen-bond acceptors (Lipinski definition) is 7. The van der Waals surface area contributed by atoms with Crippen LogP contribution in [-0.2, 0) is 4.74 Å². The van der Waals surface area contributed by atoms with Crippen LogP contribution < -0.4 is 5.32 Å². The van der Waals surface area contributed by atoms with Gasteiger partial charge >= 0.3 is 0 Å². The lowest BCUT2D eigenvalue weighted by molar-refractivity contribution is 0.211. The average Bonchev–Trinajstić information content (AvgIpc) is 2.87. The van der Waals surface area contributed by atoms with E-state index in [1.165, 1.54) is 22.9 Å². The summed E-state index contributed by atoms with van der Waals surface area (Å²) >= 11 is 2.89. The first kappa shape index (κ1) is 10.5. The van der Waals surface area contributed by atoms with E-state index in [1.807, 2.05) is 0 Å². The first-order valence-electron chi connectivity index (χ1n) is 4.35. The Morgan fingerprint density at radius 2 is 2.47 bits per heavy atom. The molecule has 0 saturated carbocycles. The van der Waals surface area contributed by atoms with Gasteiger partial charge in [0.25, 0.3) is 0 Å². The second-order valence-corrected chi connectivity index (χ2v) is 4.35. The van der Waals surface area contributed by atoms with Crippen LogP contribution in [0.15, 0.2) is 11.7 Å². The number of nitrogens with one attached hydrogen (secondary N) is 1. The number of nitrogens with zero attached hydrogens (tertiary/aromatic N) is 3. The molecule has 0 bridgehead atoms. The van der Waals surface area contributed by atoms with Crippen molar-refractivity contribution < 1.29 is 4.74 Å². The van der Waals surface area contributed by atoms with Crippen LogP contribution in [0.25, 0.3) is 10.7 Å². The number of rotatable bonds is 5. The quantitative estimate of drug-likeness (QED) is 0.809. The molecular weight excluding hydrogens is 232 g/mol. The Bertz CT molecular complexity index is 400. The summed E-state index contributed by atoms with van der Waals surface area (Å²) in [4.78, 5) is 9.31. The van der Waals surface area contributed by atoms with Crippen molar-refractivity contribution in [2.75, 3.05) is 25.6 Å². The molecule has 0 unspecified atom stereocenters. The Balaban J connectivity index is 1.98. The lowest BCUT2D eigenvalue weighted by Crippen LogP contribution is -2.06. The van der Waals surface area contributed by atoms with Gasteiger partial charge in [0.1, 0.15) is 0 Å². The normalized spacial score (nSPS) is 10.5. The van der Waals surface area contributed by atoms with Gasteiger partial charge in [0, 0.05) is 31.4 Å². The molecule has 0 aliphatic heterocycles. The van der Waals surface area contributed by atoms with Crippen molar-refractivity contribution >= 4 is 28.0 Å². The van der Waals surface area contributed by atoms with E-state index in [-0.39, 0.29) is 0 Å². The zero-order valence-electron chi connectivity index (χ0n) is 8.14. The van der Waals surface area contributed by atoms with Crippen molar-refractivity contribution in [1.29, 1.82) is 0 Å². The van der Waals surface area contributed by atoms with E-state index in [1.54, 1.807) is 18.8 Å². The molecule has 15 heavy (non-hydrogen) atoms. The number of anilines is 1. The van der Waals surface area contributed by atoms with E-state index in [0.29, 0.717) is 6.61 Å². The summed E-state index contributed by atoms with van der Waals surface area (Å²) in [7, 11) is 1.67. The highest BCUT2D eigenvalue weighted by Gasteiger charge is 2.06. The molecule has 7 heteroatoms. The molecule has 0 aliphatic carbocycles. The van der Waals surface area contributed by atoms with Crippen LogP contribution >= 0.6 is 22.9 Å². The zero-order valence-corrected chi connectivity index (χ0v) is 9.77. The summed E-state index contributed by atoms with van der Waals surface area (Å²) in [6, 6.07) is 0. The number of aromatic nitrogens is 3. The summed E-state index contributed by atoms with van der Waals surface area (Å²) in [5, 5.41) is 3.95. The summed E-state index contributed by atoms with van der Waals surface area (Å²) < 4.78 is 9.16. The lowest BCUT2D eigenvalue weighted by Gasteiger charge is -1.98. The van der Waals surface area contributed by atoms with E-state index in [2.05, 4.69) is 19.7 Å². The zero-order chi connectivity index (χ0) is 10.5. The minimum atomic E-state index is 0.662. The molecule has 0 amide bonds. The summed E-state index contributed by atoms with van der Waals surface area (Å²) in [5.74, 6) is 0.738. The molecule has 5 nitrogen and oxygen atoms in total. The Hall–Kier alpha value is -1.05. The van der Waals surface area contributed by atoms with Gasteiger partial charge in [-0.25, -0.2) is 0 Å².